The molecule has 0 radical (unpaired) electrons. The van der Waals surface area contributed by atoms with Crippen LogP contribution in [0.25, 0.3) is 0 Å². The van der Waals surface area contributed by atoms with E-state index in [2.05, 4.69) is 4.74 Å². The second-order valence-electron chi connectivity index (χ2n) is 5.31. The topological polar surface area (TPSA) is 108 Å². The van der Waals surface area contributed by atoms with Gasteiger partial charge in [0.1, 0.15) is 13.1 Å². The lowest BCUT2D eigenvalue weighted by atomic mass is 10.3. The maximum Gasteiger partial charge on any atom is 0.325 e. The second-order valence-corrected chi connectivity index (χ2v) is 5.31. The predicted octanol–water partition coefficient (Wildman–Crippen LogP) is 0.571. The molecular formula is C17H20N2O6. The number of pyridine rings is 2. The smallest absolute Gasteiger partial charge is 0.325 e. The molecule has 8 nitrogen and oxygen atoms in total. The molecular weight excluding hydrogens is 328 g/mol. The number of carbonyl (C=O) groups is 2. The molecule has 8 heteroatoms. The molecule has 2 rings (SSSR count). The Morgan fingerprint density at radius 1 is 0.960 bits per heavy atom. The van der Waals surface area contributed by atoms with Crippen LogP contribution in [0.1, 0.15) is 11.1 Å². The zero-order chi connectivity index (χ0) is 19.0. The van der Waals surface area contributed by atoms with E-state index in [1.54, 1.807) is 25.3 Å². The van der Waals surface area contributed by atoms with Gasteiger partial charge >= 0.3 is 11.9 Å². The number of aryl methyl sites for hydroxylation is 2. The maximum absolute atomic E-state index is 11.2. The number of aromatic nitrogens is 2. The number of carbonyl (C=O) groups excluding carboxylic acids is 1. The first kappa shape index (κ1) is 19.9. The van der Waals surface area contributed by atoms with Gasteiger partial charge in [-0.05, 0) is 37.1 Å². The van der Waals surface area contributed by atoms with Crippen molar-refractivity contribution in [3.8, 4) is 0 Å². The molecule has 0 unspecified atom stereocenters. The molecule has 0 aliphatic carbocycles. The average Bonchev–Trinajstić information content (AvgIpc) is 2.53. The van der Waals surface area contributed by atoms with Crippen molar-refractivity contribution >= 4 is 11.9 Å². The molecule has 0 saturated carbocycles. The van der Waals surface area contributed by atoms with Crippen LogP contribution in [0.3, 0.4) is 0 Å². The lowest BCUT2D eigenvalue weighted by Crippen LogP contribution is -2.23. The predicted molar refractivity (Wildman–Crippen MR) is 90.5 cm³/mol. The molecule has 0 atom stereocenters. The molecule has 25 heavy (non-hydrogen) atoms. The summed E-state index contributed by atoms with van der Waals surface area (Å²) in [7, 11) is 1.29. The number of ether oxygens (including phenoxy) is 1. The van der Waals surface area contributed by atoms with E-state index in [9.17, 15) is 19.2 Å². The molecule has 0 spiro atoms. The van der Waals surface area contributed by atoms with E-state index in [0.29, 0.717) is 0 Å². The van der Waals surface area contributed by atoms with Crippen LogP contribution in [0.2, 0.25) is 0 Å². The maximum atomic E-state index is 11.2. The summed E-state index contributed by atoms with van der Waals surface area (Å²) in [5, 5.41) is 8.40. The summed E-state index contributed by atoms with van der Waals surface area (Å²) in [5.41, 5.74) is 1.25. The van der Waals surface area contributed by atoms with Crippen LogP contribution in [0.15, 0.2) is 46.2 Å². The minimum Gasteiger partial charge on any atom is -0.480 e. The van der Waals surface area contributed by atoms with E-state index >= 15 is 0 Å². The third-order valence-electron chi connectivity index (χ3n) is 3.14. The van der Waals surface area contributed by atoms with E-state index in [0.717, 1.165) is 15.7 Å². The molecule has 0 aliphatic rings. The molecule has 1 N–H and O–H groups in total. The standard InChI is InChI=1S/C9H11NO3.C8H9NO3/c1-7-3-4-10(8(11)5-7)6-9(12)13-2;1-6-2-3-9(5-8(11)12)7(10)4-6/h3-5H,6H2,1-2H3;2-4H,5H2,1H3,(H,11,12). The molecule has 0 aliphatic heterocycles. The highest BCUT2D eigenvalue weighted by atomic mass is 16.5. The van der Waals surface area contributed by atoms with Crippen molar-refractivity contribution in [2.75, 3.05) is 7.11 Å². The number of hydrogen-bond acceptors (Lipinski definition) is 5. The monoisotopic (exact) mass is 348 g/mol. The summed E-state index contributed by atoms with van der Waals surface area (Å²) in [6.45, 7) is 3.30. The fourth-order valence-corrected chi connectivity index (χ4v) is 1.82. The van der Waals surface area contributed by atoms with Gasteiger partial charge in [-0.2, -0.15) is 0 Å². The summed E-state index contributed by atoms with van der Waals surface area (Å²) in [4.78, 5) is 43.4. The average molecular weight is 348 g/mol. The Morgan fingerprint density at radius 2 is 1.40 bits per heavy atom. The molecule has 0 bridgehead atoms. The minimum atomic E-state index is -1.01. The summed E-state index contributed by atoms with van der Waals surface area (Å²) >= 11 is 0. The normalized spacial score (nSPS) is 9.72. The van der Waals surface area contributed by atoms with Crippen molar-refractivity contribution in [1.82, 2.24) is 9.13 Å². The summed E-state index contributed by atoms with van der Waals surface area (Å²) in [6.07, 6.45) is 3.06. The first-order valence-corrected chi connectivity index (χ1v) is 7.35. The summed E-state index contributed by atoms with van der Waals surface area (Å²) < 4.78 is 6.89. The number of nitrogens with zero attached hydrogens (tertiary/aromatic N) is 2. The Kier molecular flexibility index (Phi) is 7.33. The third kappa shape index (κ3) is 6.86. The van der Waals surface area contributed by atoms with Crippen molar-refractivity contribution in [3.63, 3.8) is 0 Å². The molecule has 2 aromatic rings. The Morgan fingerprint density at radius 3 is 1.76 bits per heavy atom. The van der Waals surface area contributed by atoms with Crippen LogP contribution in [-0.2, 0) is 27.4 Å². The molecule has 0 fully saturated rings. The highest BCUT2D eigenvalue weighted by Crippen LogP contribution is 1.91. The Bertz CT molecular complexity index is 866. The summed E-state index contributed by atoms with van der Waals surface area (Å²) in [6, 6.07) is 6.35. The highest BCUT2D eigenvalue weighted by Gasteiger charge is 2.02. The number of methoxy groups -OCH3 is 1. The molecule has 0 aromatic carbocycles. The lowest BCUT2D eigenvalue weighted by molar-refractivity contribution is -0.141. The SMILES string of the molecule is COC(=O)Cn1ccc(C)cc1=O.Cc1ccn(CC(=O)O)c(=O)c1. The quantitative estimate of drug-likeness (QED) is 0.810. The van der Waals surface area contributed by atoms with E-state index in [-0.39, 0.29) is 24.2 Å². The fourth-order valence-electron chi connectivity index (χ4n) is 1.82. The number of rotatable bonds is 4. The van der Waals surface area contributed by atoms with Crippen molar-refractivity contribution < 1.29 is 19.4 Å². The molecule has 0 amide bonds. The first-order chi connectivity index (χ1) is 11.7. The summed E-state index contributed by atoms with van der Waals surface area (Å²) in [5.74, 6) is -1.44. The van der Waals surface area contributed by atoms with Crippen LogP contribution in [0, 0.1) is 13.8 Å². The van der Waals surface area contributed by atoms with Gasteiger partial charge in [0.05, 0.1) is 7.11 Å². The third-order valence-corrected chi connectivity index (χ3v) is 3.14. The van der Waals surface area contributed by atoms with Gasteiger partial charge in [-0.3, -0.25) is 19.2 Å². The van der Waals surface area contributed by atoms with Gasteiger partial charge < -0.3 is 19.0 Å². The fraction of sp³-hybridized carbons (Fsp3) is 0.294. The Hall–Kier alpha value is -3.16. The van der Waals surface area contributed by atoms with Gasteiger partial charge in [0.2, 0.25) is 0 Å². The second kappa shape index (κ2) is 9.21. The zero-order valence-corrected chi connectivity index (χ0v) is 14.3. The lowest BCUT2D eigenvalue weighted by Gasteiger charge is -2.03. The highest BCUT2D eigenvalue weighted by molar-refractivity contribution is 5.68. The number of carboxylic acid groups (broad SMARTS) is 1. The van der Waals surface area contributed by atoms with E-state index < -0.39 is 11.9 Å². The van der Waals surface area contributed by atoms with Crippen molar-refractivity contribution in [3.05, 3.63) is 68.5 Å². The van der Waals surface area contributed by atoms with Crippen molar-refractivity contribution in [2.45, 2.75) is 26.9 Å². The van der Waals surface area contributed by atoms with E-state index in [1.807, 2.05) is 6.92 Å². The Balaban J connectivity index is 0.000000251. The van der Waals surface area contributed by atoms with Gasteiger partial charge in [-0.1, -0.05) is 0 Å². The van der Waals surface area contributed by atoms with Crippen molar-refractivity contribution in [1.29, 1.82) is 0 Å². The van der Waals surface area contributed by atoms with Crippen LogP contribution in [0.4, 0.5) is 0 Å². The molecule has 2 aromatic heterocycles. The number of esters is 1. The molecule has 134 valence electrons. The molecule has 0 saturated heterocycles. The number of aliphatic carboxylic acids is 1. The van der Waals surface area contributed by atoms with Crippen LogP contribution in [-0.4, -0.2) is 33.3 Å². The largest absolute Gasteiger partial charge is 0.480 e. The number of carboxylic acids is 1. The number of hydrogen-bond donors (Lipinski definition) is 1. The zero-order valence-electron chi connectivity index (χ0n) is 14.3. The van der Waals surface area contributed by atoms with E-state index in [4.69, 9.17) is 5.11 Å². The first-order valence-electron chi connectivity index (χ1n) is 7.35. The van der Waals surface area contributed by atoms with Crippen molar-refractivity contribution in [2.24, 2.45) is 0 Å². The van der Waals surface area contributed by atoms with Crippen LogP contribution in [0.5, 0.6) is 0 Å². The van der Waals surface area contributed by atoms with Gasteiger partial charge in [0.15, 0.2) is 0 Å². The van der Waals surface area contributed by atoms with E-state index in [1.165, 1.54) is 30.0 Å². The Labute approximate surface area is 143 Å². The van der Waals surface area contributed by atoms with Gasteiger partial charge in [0.25, 0.3) is 11.1 Å². The minimum absolute atomic E-state index is 0.0321. The van der Waals surface area contributed by atoms with Gasteiger partial charge in [-0.25, -0.2) is 0 Å². The van der Waals surface area contributed by atoms with Gasteiger partial charge in [0, 0.05) is 24.5 Å². The molecule has 2 heterocycles. The van der Waals surface area contributed by atoms with Gasteiger partial charge in [-0.15, -0.1) is 0 Å². The van der Waals surface area contributed by atoms with Crippen LogP contribution < -0.4 is 11.1 Å². The van der Waals surface area contributed by atoms with Crippen LogP contribution >= 0.6 is 0 Å².